The summed E-state index contributed by atoms with van der Waals surface area (Å²) in [6, 6.07) is 13.0. The van der Waals surface area contributed by atoms with Gasteiger partial charge in [-0.15, -0.1) is 0 Å². The number of nitrogens with zero attached hydrogens (tertiary/aromatic N) is 1. The van der Waals surface area contributed by atoms with Crippen molar-refractivity contribution in [1.82, 2.24) is 9.97 Å². The molecule has 10 heteroatoms. The number of methoxy groups -OCH3 is 3. The Balaban J connectivity index is 2.10. The molecule has 1 aliphatic rings. The van der Waals surface area contributed by atoms with E-state index in [-0.39, 0.29) is 17.2 Å². The van der Waals surface area contributed by atoms with Gasteiger partial charge in [0.15, 0.2) is 16.3 Å². The molecular formula is C25H26N4O5S. The standard InChI is InChI=1S/C25H26N4O5S/c1-5-34-24(30)18-17(14-11-15(31-2)21(33-4)16(12-14)32-3)19-22(26)28-25(35)29-23(19)27-20(18)13-9-7-6-8-10-13/h6-12,17H,5H2,1-4H3,(H4,26,27,28,29,35). The van der Waals surface area contributed by atoms with Gasteiger partial charge in [-0.25, -0.2) is 9.78 Å². The number of carbonyl (C=O) groups is 1. The Morgan fingerprint density at radius 1 is 1.09 bits per heavy atom. The third kappa shape index (κ3) is 4.40. The quantitative estimate of drug-likeness (QED) is 0.326. The van der Waals surface area contributed by atoms with Crippen LogP contribution in [-0.4, -0.2) is 43.9 Å². The fourth-order valence-corrected chi connectivity index (χ4v) is 4.43. The number of hydrogen-bond acceptors (Lipinski definition) is 9. The van der Waals surface area contributed by atoms with Gasteiger partial charge in [0.1, 0.15) is 11.6 Å². The van der Waals surface area contributed by atoms with Gasteiger partial charge in [-0.05, 0) is 42.4 Å². The predicted octanol–water partition coefficient (Wildman–Crippen LogP) is 4.28. The normalized spacial score (nSPS) is 14.6. The molecule has 9 nitrogen and oxygen atoms in total. The molecule has 0 aliphatic carbocycles. The lowest BCUT2D eigenvalue weighted by atomic mass is 9.80. The van der Waals surface area contributed by atoms with Gasteiger partial charge in [0.05, 0.1) is 45.1 Å². The van der Waals surface area contributed by atoms with Crippen molar-refractivity contribution in [3.8, 4) is 17.2 Å². The van der Waals surface area contributed by atoms with E-state index in [2.05, 4.69) is 15.3 Å². The Hall–Kier alpha value is -4.05. The minimum atomic E-state index is -0.687. The van der Waals surface area contributed by atoms with Crippen LogP contribution in [-0.2, 0) is 9.53 Å². The molecular weight excluding hydrogens is 468 g/mol. The maximum Gasteiger partial charge on any atom is 0.337 e. The van der Waals surface area contributed by atoms with Crippen LogP contribution in [0.3, 0.4) is 0 Å². The lowest BCUT2D eigenvalue weighted by molar-refractivity contribution is -0.138. The minimum absolute atomic E-state index is 0.199. The SMILES string of the molecule is CCOC(=O)C1=C(c2ccccc2)Nc2nc(=S)[nH]c(N)c2C1c1cc(OC)c(OC)c(OC)c1. The van der Waals surface area contributed by atoms with E-state index >= 15 is 0 Å². The zero-order valence-corrected chi connectivity index (χ0v) is 20.6. The summed E-state index contributed by atoms with van der Waals surface area (Å²) in [7, 11) is 4.59. The largest absolute Gasteiger partial charge is 0.493 e. The van der Waals surface area contributed by atoms with Crippen LogP contribution >= 0.6 is 12.2 Å². The molecule has 0 fully saturated rings. The van der Waals surface area contributed by atoms with Gasteiger partial charge in [-0.3, -0.25) is 0 Å². The first kappa shape index (κ1) is 24.1. The molecule has 1 atom stereocenters. The molecule has 0 saturated carbocycles. The predicted molar refractivity (Wildman–Crippen MR) is 135 cm³/mol. The number of fused-ring (bicyclic) bond motifs is 1. The van der Waals surface area contributed by atoms with E-state index in [4.69, 9.17) is 36.9 Å². The number of carbonyl (C=O) groups excluding carboxylic acids is 1. The molecule has 0 amide bonds. The van der Waals surface area contributed by atoms with E-state index in [1.165, 1.54) is 21.3 Å². The summed E-state index contributed by atoms with van der Waals surface area (Å²) in [5, 5.41) is 3.28. The van der Waals surface area contributed by atoms with E-state index in [1.54, 1.807) is 19.1 Å². The molecule has 3 aromatic rings. The van der Waals surface area contributed by atoms with Crippen molar-refractivity contribution in [1.29, 1.82) is 0 Å². The average molecular weight is 495 g/mol. The molecule has 0 spiro atoms. The van der Waals surface area contributed by atoms with Gasteiger partial charge < -0.3 is 35.0 Å². The Bertz CT molecular complexity index is 1330. The smallest absolute Gasteiger partial charge is 0.337 e. The van der Waals surface area contributed by atoms with Gasteiger partial charge in [-0.2, -0.15) is 0 Å². The number of rotatable bonds is 7. The summed E-state index contributed by atoms with van der Waals surface area (Å²) in [5.41, 5.74) is 9.32. The highest BCUT2D eigenvalue weighted by Crippen LogP contribution is 2.49. The first-order chi connectivity index (χ1) is 16.9. The Morgan fingerprint density at radius 3 is 2.31 bits per heavy atom. The van der Waals surface area contributed by atoms with Crippen molar-refractivity contribution in [3.05, 3.63) is 69.5 Å². The maximum atomic E-state index is 13.5. The second-order valence-electron chi connectivity index (χ2n) is 7.61. The van der Waals surface area contributed by atoms with Crippen LogP contribution in [0.5, 0.6) is 17.2 Å². The number of H-pyrrole nitrogens is 1. The lowest BCUT2D eigenvalue weighted by Crippen LogP contribution is -2.27. The van der Waals surface area contributed by atoms with E-state index in [0.29, 0.717) is 45.5 Å². The zero-order chi connectivity index (χ0) is 25.1. The van der Waals surface area contributed by atoms with Crippen molar-refractivity contribution in [2.24, 2.45) is 0 Å². The van der Waals surface area contributed by atoms with E-state index in [1.807, 2.05) is 30.3 Å². The second-order valence-corrected chi connectivity index (χ2v) is 8.00. The number of aromatic nitrogens is 2. The van der Waals surface area contributed by atoms with E-state index < -0.39 is 11.9 Å². The van der Waals surface area contributed by atoms with E-state index in [9.17, 15) is 4.79 Å². The first-order valence-electron chi connectivity index (χ1n) is 10.9. The molecule has 4 N–H and O–H groups in total. The highest BCUT2D eigenvalue weighted by molar-refractivity contribution is 7.71. The number of aromatic amines is 1. The highest BCUT2D eigenvalue weighted by Gasteiger charge is 2.38. The van der Waals surface area contributed by atoms with Crippen molar-refractivity contribution >= 4 is 35.5 Å². The summed E-state index contributed by atoms with van der Waals surface area (Å²) < 4.78 is 22.4. The summed E-state index contributed by atoms with van der Waals surface area (Å²) in [4.78, 5) is 20.9. The second kappa shape index (κ2) is 10.1. The summed E-state index contributed by atoms with van der Waals surface area (Å²) in [6.07, 6.45) is 0. The van der Waals surface area contributed by atoms with Crippen LogP contribution < -0.4 is 25.3 Å². The molecule has 2 heterocycles. The number of nitrogen functional groups attached to an aromatic ring is 1. The van der Waals surface area contributed by atoms with Gasteiger partial charge in [-0.1, -0.05) is 30.3 Å². The average Bonchev–Trinajstić information content (AvgIpc) is 2.87. The first-order valence-corrected chi connectivity index (χ1v) is 11.3. The number of nitrogens with one attached hydrogen (secondary N) is 2. The molecule has 0 saturated heterocycles. The number of nitrogens with two attached hydrogens (primary N) is 1. The molecule has 1 aromatic heterocycles. The topological polar surface area (TPSA) is 121 Å². The van der Waals surface area contributed by atoms with Crippen molar-refractivity contribution < 1.29 is 23.7 Å². The number of ether oxygens (including phenoxy) is 4. The van der Waals surface area contributed by atoms with Crippen molar-refractivity contribution in [2.45, 2.75) is 12.8 Å². The number of esters is 1. The molecule has 2 aromatic carbocycles. The molecule has 35 heavy (non-hydrogen) atoms. The fourth-order valence-electron chi connectivity index (χ4n) is 4.22. The van der Waals surface area contributed by atoms with Crippen LogP contribution in [0.4, 0.5) is 11.6 Å². The summed E-state index contributed by atoms with van der Waals surface area (Å²) in [5.74, 6) is 0.829. The highest BCUT2D eigenvalue weighted by atomic mass is 32.1. The molecule has 0 bridgehead atoms. The van der Waals surface area contributed by atoms with Crippen molar-refractivity contribution in [3.63, 3.8) is 0 Å². The van der Waals surface area contributed by atoms with Crippen molar-refractivity contribution in [2.75, 3.05) is 39.0 Å². The van der Waals surface area contributed by atoms with Crippen LogP contribution in [0, 0.1) is 4.77 Å². The molecule has 4 rings (SSSR count). The molecule has 1 aliphatic heterocycles. The maximum absolute atomic E-state index is 13.5. The van der Waals surface area contributed by atoms with Crippen LogP contribution in [0.1, 0.15) is 29.5 Å². The van der Waals surface area contributed by atoms with Gasteiger partial charge >= 0.3 is 5.97 Å². The lowest BCUT2D eigenvalue weighted by Gasteiger charge is -2.31. The monoisotopic (exact) mass is 494 g/mol. The Morgan fingerprint density at radius 2 is 1.74 bits per heavy atom. The molecule has 0 radical (unpaired) electrons. The number of hydrogen-bond donors (Lipinski definition) is 3. The Kier molecular flexibility index (Phi) is 6.92. The fraction of sp³-hybridized carbons (Fsp3) is 0.240. The van der Waals surface area contributed by atoms with Gasteiger partial charge in [0.25, 0.3) is 0 Å². The van der Waals surface area contributed by atoms with Crippen LogP contribution in [0.25, 0.3) is 5.70 Å². The Labute approximate surface area is 207 Å². The zero-order valence-electron chi connectivity index (χ0n) is 19.8. The van der Waals surface area contributed by atoms with Gasteiger partial charge in [0.2, 0.25) is 5.75 Å². The van der Waals surface area contributed by atoms with Crippen LogP contribution in [0.2, 0.25) is 0 Å². The number of benzene rings is 2. The molecule has 1 unspecified atom stereocenters. The summed E-state index contributed by atoms with van der Waals surface area (Å²) in [6.45, 7) is 1.96. The van der Waals surface area contributed by atoms with Gasteiger partial charge in [0, 0.05) is 5.56 Å². The third-order valence-electron chi connectivity index (χ3n) is 5.67. The van der Waals surface area contributed by atoms with E-state index in [0.717, 1.165) is 5.56 Å². The summed E-state index contributed by atoms with van der Waals surface area (Å²) >= 11 is 5.28. The third-order valence-corrected chi connectivity index (χ3v) is 5.86. The van der Waals surface area contributed by atoms with Crippen LogP contribution in [0.15, 0.2) is 48.0 Å². The minimum Gasteiger partial charge on any atom is -0.493 e. The molecule has 182 valence electrons. The number of anilines is 2.